The molecule has 0 saturated heterocycles. The predicted molar refractivity (Wildman–Crippen MR) is 273 cm³/mol. The Hall–Kier alpha value is -9.40. The van der Waals surface area contributed by atoms with Crippen molar-refractivity contribution in [3.05, 3.63) is 224 Å². The summed E-state index contributed by atoms with van der Waals surface area (Å²) in [6.45, 7) is 0. The Morgan fingerprint density at radius 3 is 1.38 bits per heavy atom. The van der Waals surface area contributed by atoms with Gasteiger partial charge < -0.3 is 8.98 Å². The van der Waals surface area contributed by atoms with E-state index < -0.39 is 0 Å². The summed E-state index contributed by atoms with van der Waals surface area (Å²) in [7, 11) is 0. The first kappa shape index (κ1) is 39.0. The fraction of sp³-hybridized carbons (Fsp3) is 0. The van der Waals surface area contributed by atoms with Crippen molar-refractivity contribution in [1.82, 2.24) is 34.5 Å². The largest absolute Gasteiger partial charge is 0.456 e. The Labute approximate surface area is 390 Å². The maximum Gasteiger partial charge on any atom is 0.166 e. The quantitative estimate of drug-likeness (QED) is 0.150. The lowest BCUT2D eigenvalue weighted by molar-refractivity contribution is 0.669. The van der Waals surface area contributed by atoms with Crippen LogP contribution in [-0.2, 0) is 0 Å². The summed E-state index contributed by atoms with van der Waals surface area (Å²) in [5, 5.41) is 4.35. The van der Waals surface area contributed by atoms with Crippen molar-refractivity contribution in [1.29, 1.82) is 0 Å². The smallest absolute Gasteiger partial charge is 0.166 e. The summed E-state index contributed by atoms with van der Waals surface area (Å²) in [6, 6.07) is 76.3. The van der Waals surface area contributed by atoms with E-state index in [0.29, 0.717) is 34.9 Å². The Morgan fingerprint density at radius 1 is 0.279 bits per heavy atom. The maximum absolute atomic E-state index is 6.46. The summed E-state index contributed by atoms with van der Waals surface area (Å²) in [6.07, 6.45) is 0. The molecule has 8 nitrogen and oxygen atoms in total. The van der Waals surface area contributed by atoms with Gasteiger partial charge >= 0.3 is 0 Å². The Kier molecular flexibility index (Phi) is 9.31. The van der Waals surface area contributed by atoms with Gasteiger partial charge in [-0.25, -0.2) is 29.9 Å². The fourth-order valence-corrected chi connectivity index (χ4v) is 9.40. The maximum atomic E-state index is 6.46. The average molecular weight is 872 g/mol. The van der Waals surface area contributed by atoms with E-state index in [9.17, 15) is 0 Å². The Bertz CT molecular complexity index is 3960. The molecule has 0 radical (unpaired) electrons. The van der Waals surface area contributed by atoms with E-state index in [1.54, 1.807) is 0 Å². The number of fused-ring (bicyclic) bond motifs is 7. The van der Waals surface area contributed by atoms with E-state index >= 15 is 0 Å². The molecule has 9 aromatic carbocycles. The van der Waals surface area contributed by atoms with E-state index in [2.05, 4.69) is 114 Å². The van der Waals surface area contributed by atoms with E-state index in [1.807, 2.05) is 115 Å². The minimum Gasteiger partial charge on any atom is -0.456 e. The van der Waals surface area contributed by atoms with Gasteiger partial charge in [0.2, 0.25) is 0 Å². The molecule has 318 valence electrons. The normalized spacial score (nSPS) is 11.5. The zero-order valence-electron chi connectivity index (χ0n) is 36.4. The first-order valence-electron chi connectivity index (χ1n) is 22.5. The number of para-hydroxylation sites is 2. The first-order chi connectivity index (χ1) is 33.7. The van der Waals surface area contributed by atoms with Crippen LogP contribution in [0.5, 0.6) is 0 Å². The molecule has 0 spiro atoms. The highest BCUT2D eigenvalue weighted by Crippen LogP contribution is 2.43. The van der Waals surface area contributed by atoms with Crippen LogP contribution in [-0.4, -0.2) is 34.5 Å². The SMILES string of the molecule is c1ccc(-c2nc(-c3ccccc3)nc(-c3ccc(-n4c5ccccc5c5c6c(ccc54)oc4ccccc46)c(-c4nc(-c5ccccc5)nc(-c5ccccc5-c5ccccc5)n4)c3)n2)cc1. The highest BCUT2D eigenvalue weighted by atomic mass is 16.3. The predicted octanol–water partition coefficient (Wildman–Crippen LogP) is 14.7. The molecule has 0 atom stereocenters. The summed E-state index contributed by atoms with van der Waals surface area (Å²) in [4.78, 5) is 31.4. The van der Waals surface area contributed by atoms with Gasteiger partial charge in [0, 0.05) is 54.9 Å². The molecule has 0 saturated carbocycles. The van der Waals surface area contributed by atoms with E-state index in [0.717, 1.165) is 93.9 Å². The number of aromatic nitrogens is 7. The fourth-order valence-electron chi connectivity index (χ4n) is 9.40. The van der Waals surface area contributed by atoms with Crippen molar-refractivity contribution in [2.75, 3.05) is 0 Å². The molecule has 0 N–H and O–H groups in total. The first-order valence-corrected chi connectivity index (χ1v) is 22.5. The summed E-state index contributed by atoms with van der Waals surface area (Å²) < 4.78 is 8.79. The highest BCUT2D eigenvalue weighted by molar-refractivity contribution is 6.27. The van der Waals surface area contributed by atoms with Gasteiger partial charge in [0.05, 0.1) is 16.7 Å². The monoisotopic (exact) mass is 871 g/mol. The molecule has 0 aliphatic heterocycles. The van der Waals surface area contributed by atoms with Crippen LogP contribution in [0.1, 0.15) is 0 Å². The third-order valence-electron chi connectivity index (χ3n) is 12.5. The lowest BCUT2D eigenvalue weighted by atomic mass is 9.99. The van der Waals surface area contributed by atoms with Crippen LogP contribution in [0.25, 0.3) is 129 Å². The van der Waals surface area contributed by atoms with E-state index in [4.69, 9.17) is 34.3 Å². The van der Waals surface area contributed by atoms with Gasteiger partial charge in [-0.2, -0.15) is 0 Å². The van der Waals surface area contributed by atoms with Crippen LogP contribution in [0.2, 0.25) is 0 Å². The molecule has 68 heavy (non-hydrogen) atoms. The van der Waals surface area contributed by atoms with Gasteiger partial charge in [0.25, 0.3) is 0 Å². The molecule has 4 heterocycles. The second-order valence-corrected chi connectivity index (χ2v) is 16.6. The van der Waals surface area contributed by atoms with E-state index in [-0.39, 0.29) is 0 Å². The van der Waals surface area contributed by atoms with Crippen molar-refractivity contribution in [2.45, 2.75) is 0 Å². The van der Waals surface area contributed by atoms with Crippen LogP contribution in [0.3, 0.4) is 0 Å². The van der Waals surface area contributed by atoms with Crippen molar-refractivity contribution < 1.29 is 4.42 Å². The molecule has 0 aliphatic rings. The minimum absolute atomic E-state index is 0.495. The van der Waals surface area contributed by atoms with Crippen molar-refractivity contribution in [2.24, 2.45) is 0 Å². The molecule has 0 aliphatic carbocycles. The Morgan fingerprint density at radius 2 is 0.750 bits per heavy atom. The molecular weight excluding hydrogens is 835 g/mol. The zero-order valence-corrected chi connectivity index (χ0v) is 36.4. The van der Waals surface area contributed by atoms with Crippen LogP contribution in [0, 0.1) is 0 Å². The topological polar surface area (TPSA) is 95.4 Å². The van der Waals surface area contributed by atoms with E-state index in [1.165, 1.54) is 0 Å². The van der Waals surface area contributed by atoms with Gasteiger partial charge in [0.1, 0.15) is 11.2 Å². The van der Waals surface area contributed by atoms with Gasteiger partial charge in [-0.15, -0.1) is 0 Å². The number of nitrogens with zero attached hydrogens (tertiary/aromatic N) is 7. The van der Waals surface area contributed by atoms with Crippen molar-refractivity contribution in [3.8, 4) is 85.1 Å². The molecule has 4 aromatic heterocycles. The molecule has 0 bridgehead atoms. The van der Waals surface area contributed by atoms with Crippen LogP contribution in [0.4, 0.5) is 0 Å². The van der Waals surface area contributed by atoms with Crippen LogP contribution >= 0.6 is 0 Å². The molecule has 0 fully saturated rings. The molecule has 8 heteroatoms. The zero-order chi connectivity index (χ0) is 45.0. The molecule has 0 amide bonds. The molecule has 0 unspecified atom stereocenters. The lowest BCUT2D eigenvalue weighted by Gasteiger charge is -2.17. The van der Waals surface area contributed by atoms with Gasteiger partial charge in [0.15, 0.2) is 34.9 Å². The second kappa shape index (κ2) is 16.2. The number of furan rings is 1. The number of hydrogen-bond acceptors (Lipinski definition) is 7. The molecule has 13 aromatic rings. The molecular formula is C60H37N7O. The van der Waals surface area contributed by atoms with Gasteiger partial charge in [-0.05, 0) is 53.6 Å². The van der Waals surface area contributed by atoms with Crippen molar-refractivity contribution >= 4 is 43.7 Å². The second-order valence-electron chi connectivity index (χ2n) is 16.6. The van der Waals surface area contributed by atoms with Gasteiger partial charge in [-0.1, -0.05) is 182 Å². The summed E-state index contributed by atoms with van der Waals surface area (Å²) in [5.74, 6) is 3.27. The van der Waals surface area contributed by atoms with Crippen LogP contribution in [0.15, 0.2) is 229 Å². The lowest BCUT2D eigenvalue weighted by Crippen LogP contribution is -2.05. The van der Waals surface area contributed by atoms with Crippen LogP contribution < -0.4 is 0 Å². The van der Waals surface area contributed by atoms with Gasteiger partial charge in [-0.3, -0.25) is 0 Å². The average Bonchev–Trinajstić information content (AvgIpc) is 3.97. The Balaban J connectivity index is 1.12. The summed E-state index contributed by atoms with van der Waals surface area (Å²) >= 11 is 0. The standard InChI is InChI=1S/C60H37N7O/c1-5-19-38(20-6-1)43-27-13-14-28-44(43)59-64-57(41-25-11-4-12-26-41)65-60(66-59)47-37-42(58-62-55(39-21-7-2-8-22-39)61-56(63-58)40-23-9-3-10-24-40)33-34-49(47)67-48-31-17-15-29-45(48)53-50(67)35-36-52-54(53)46-30-16-18-32-51(46)68-52/h1-37H. The number of rotatable bonds is 8. The third-order valence-corrected chi connectivity index (χ3v) is 12.5. The van der Waals surface area contributed by atoms with Crippen molar-refractivity contribution in [3.63, 3.8) is 0 Å². The molecule has 13 rings (SSSR count). The minimum atomic E-state index is 0.495. The number of hydrogen-bond donors (Lipinski definition) is 0. The number of benzene rings is 9. The summed E-state index contributed by atoms with van der Waals surface area (Å²) in [5.41, 5.74) is 11.8. The third kappa shape index (κ3) is 6.70. The highest BCUT2D eigenvalue weighted by Gasteiger charge is 2.24.